The van der Waals surface area contributed by atoms with Gasteiger partial charge in [0.05, 0.1) is 0 Å². The molecule has 0 aromatic heterocycles. The minimum atomic E-state index is -0.178. The Morgan fingerprint density at radius 2 is 2.22 bits per heavy atom. The van der Waals surface area contributed by atoms with Crippen molar-refractivity contribution < 1.29 is 9.53 Å². The fourth-order valence-electron chi connectivity index (χ4n) is 0.645. The first kappa shape index (κ1) is 6.61. The number of amides is 1. The zero-order chi connectivity index (χ0) is 7.02. The number of hydrogen-bond donors (Lipinski definition) is 0. The molecule has 2 unspecified atom stereocenters. The third-order valence-electron chi connectivity index (χ3n) is 1.32. The van der Waals surface area contributed by atoms with E-state index in [2.05, 4.69) is 0 Å². The maximum absolute atomic E-state index is 10.5. The van der Waals surface area contributed by atoms with Crippen molar-refractivity contribution in [1.29, 1.82) is 0 Å². The molecule has 4 heteroatoms. The molecule has 1 amide bonds. The second-order valence-corrected chi connectivity index (χ2v) is 2.16. The van der Waals surface area contributed by atoms with Gasteiger partial charge in [-0.3, -0.25) is 4.79 Å². The van der Waals surface area contributed by atoms with Crippen LogP contribution in [0.2, 0.25) is 0 Å². The van der Waals surface area contributed by atoms with Crippen LogP contribution in [0.3, 0.4) is 0 Å². The van der Waals surface area contributed by atoms with E-state index in [1.54, 1.807) is 0 Å². The van der Waals surface area contributed by atoms with E-state index in [1.165, 1.54) is 6.92 Å². The van der Waals surface area contributed by atoms with Crippen LogP contribution in [0.25, 0.3) is 0 Å². The number of ether oxygens (including phenoxy) is 1. The van der Waals surface area contributed by atoms with Gasteiger partial charge in [-0.25, -0.2) is 0 Å². The molecule has 2 radical (unpaired) electrons. The monoisotopic (exact) mass is 125 g/mol. The SMILES string of the molecule is [B]N(C(C)=O)C1OC1C. The number of hydrogen-bond acceptors (Lipinski definition) is 2. The summed E-state index contributed by atoms with van der Waals surface area (Å²) in [5.74, 6) is -0.163. The molecule has 1 aliphatic heterocycles. The van der Waals surface area contributed by atoms with Gasteiger partial charge in [0.1, 0.15) is 12.3 Å². The molecular weight excluding hydrogens is 117 g/mol. The van der Waals surface area contributed by atoms with Gasteiger partial charge in [0.25, 0.3) is 0 Å². The fourth-order valence-corrected chi connectivity index (χ4v) is 0.645. The Morgan fingerprint density at radius 3 is 2.33 bits per heavy atom. The Labute approximate surface area is 55.4 Å². The Balaban J connectivity index is 2.36. The molecule has 0 N–H and O–H groups in total. The number of carbonyl (C=O) groups excluding carboxylic acids is 1. The van der Waals surface area contributed by atoms with Crippen LogP contribution in [0.15, 0.2) is 0 Å². The molecule has 0 bridgehead atoms. The van der Waals surface area contributed by atoms with Crippen LogP contribution in [0.4, 0.5) is 0 Å². The molecule has 0 saturated carbocycles. The first-order chi connectivity index (χ1) is 4.13. The summed E-state index contributed by atoms with van der Waals surface area (Å²) in [5, 5.41) is 0. The van der Waals surface area contributed by atoms with E-state index in [0.717, 1.165) is 4.81 Å². The molecule has 3 nitrogen and oxygen atoms in total. The first-order valence-electron chi connectivity index (χ1n) is 2.83. The maximum Gasteiger partial charge on any atom is 0.234 e. The molecule has 0 aliphatic carbocycles. The smallest absolute Gasteiger partial charge is 0.234 e. The molecule has 48 valence electrons. The van der Waals surface area contributed by atoms with Gasteiger partial charge >= 0.3 is 0 Å². The third-order valence-corrected chi connectivity index (χ3v) is 1.32. The van der Waals surface area contributed by atoms with Crippen molar-refractivity contribution >= 4 is 13.9 Å². The maximum atomic E-state index is 10.5. The topological polar surface area (TPSA) is 32.8 Å². The summed E-state index contributed by atoms with van der Waals surface area (Å²) in [7, 11) is 5.27. The minimum absolute atomic E-state index is 0.110. The van der Waals surface area contributed by atoms with E-state index >= 15 is 0 Å². The van der Waals surface area contributed by atoms with Crippen molar-refractivity contribution in [3.05, 3.63) is 0 Å². The van der Waals surface area contributed by atoms with Gasteiger partial charge in [-0.05, 0) is 6.92 Å². The van der Waals surface area contributed by atoms with Crippen molar-refractivity contribution in [1.82, 2.24) is 4.81 Å². The van der Waals surface area contributed by atoms with Gasteiger partial charge < -0.3 is 9.55 Å². The highest BCUT2D eigenvalue weighted by atomic mass is 16.6. The van der Waals surface area contributed by atoms with E-state index in [0.29, 0.717) is 0 Å². The summed E-state index contributed by atoms with van der Waals surface area (Å²) in [4.78, 5) is 11.6. The zero-order valence-electron chi connectivity index (χ0n) is 5.50. The predicted octanol–water partition coefficient (Wildman–Crippen LogP) is -0.337. The molecule has 0 spiro atoms. The molecule has 1 heterocycles. The second-order valence-electron chi connectivity index (χ2n) is 2.16. The van der Waals surface area contributed by atoms with Crippen molar-refractivity contribution in [2.45, 2.75) is 26.2 Å². The van der Waals surface area contributed by atoms with Crippen LogP contribution >= 0.6 is 0 Å². The summed E-state index contributed by atoms with van der Waals surface area (Å²) in [5.41, 5.74) is 0. The Bertz CT molecular complexity index is 139. The van der Waals surface area contributed by atoms with Crippen LogP contribution in [-0.4, -0.2) is 31.0 Å². The molecular formula is C5H8BNO2. The highest BCUT2D eigenvalue weighted by molar-refractivity contribution is 6.14. The summed E-state index contributed by atoms with van der Waals surface area (Å²) in [6.07, 6.45) is -0.0681. The van der Waals surface area contributed by atoms with E-state index in [-0.39, 0.29) is 18.2 Å². The van der Waals surface area contributed by atoms with Gasteiger partial charge in [0, 0.05) is 6.92 Å². The van der Waals surface area contributed by atoms with Crippen molar-refractivity contribution in [2.24, 2.45) is 0 Å². The van der Waals surface area contributed by atoms with Gasteiger partial charge in [0.15, 0.2) is 0 Å². The molecule has 1 saturated heterocycles. The third kappa shape index (κ3) is 1.24. The average molecular weight is 125 g/mol. The van der Waals surface area contributed by atoms with Crippen molar-refractivity contribution in [3.8, 4) is 0 Å². The molecule has 1 rings (SSSR count). The molecule has 0 aromatic carbocycles. The van der Waals surface area contributed by atoms with Gasteiger partial charge in [-0.15, -0.1) is 0 Å². The molecule has 2 atom stereocenters. The van der Waals surface area contributed by atoms with Crippen LogP contribution < -0.4 is 0 Å². The lowest BCUT2D eigenvalue weighted by atomic mass is 10.2. The number of rotatable bonds is 1. The lowest BCUT2D eigenvalue weighted by molar-refractivity contribution is -0.125. The highest BCUT2D eigenvalue weighted by Crippen LogP contribution is 2.23. The Hall–Kier alpha value is -0.505. The van der Waals surface area contributed by atoms with E-state index in [9.17, 15) is 4.79 Å². The van der Waals surface area contributed by atoms with Crippen LogP contribution in [0.5, 0.6) is 0 Å². The standard InChI is InChI=1S/C5H8BNO2/c1-3-5(9-3)7(6)4(2)8/h3,5H,1-2H3. The Morgan fingerprint density at radius 1 is 1.78 bits per heavy atom. The van der Waals surface area contributed by atoms with Gasteiger partial charge in [0.2, 0.25) is 13.9 Å². The zero-order valence-corrected chi connectivity index (χ0v) is 5.50. The molecule has 0 aromatic rings. The lowest BCUT2D eigenvalue weighted by Crippen LogP contribution is -2.29. The van der Waals surface area contributed by atoms with E-state index in [1.807, 2.05) is 6.92 Å². The average Bonchev–Trinajstić information content (AvgIpc) is 2.44. The van der Waals surface area contributed by atoms with Gasteiger partial charge in [-0.1, -0.05) is 0 Å². The van der Waals surface area contributed by atoms with Crippen LogP contribution in [-0.2, 0) is 9.53 Å². The van der Waals surface area contributed by atoms with Gasteiger partial charge in [-0.2, -0.15) is 0 Å². The largest absolute Gasteiger partial charge is 0.371 e. The lowest BCUT2D eigenvalue weighted by Gasteiger charge is -2.10. The first-order valence-corrected chi connectivity index (χ1v) is 2.83. The summed E-state index contributed by atoms with van der Waals surface area (Å²) in [6.45, 7) is 3.28. The normalized spacial score (nSPS) is 31.8. The summed E-state index contributed by atoms with van der Waals surface area (Å²) in [6, 6.07) is 0. The molecule has 1 fully saturated rings. The molecule has 9 heavy (non-hydrogen) atoms. The van der Waals surface area contributed by atoms with E-state index in [4.69, 9.17) is 12.7 Å². The summed E-state index contributed by atoms with van der Waals surface area (Å²) >= 11 is 0. The highest BCUT2D eigenvalue weighted by Gasteiger charge is 2.38. The molecule has 1 aliphatic rings. The van der Waals surface area contributed by atoms with Crippen molar-refractivity contribution in [3.63, 3.8) is 0 Å². The number of carbonyl (C=O) groups is 1. The summed E-state index contributed by atoms with van der Waals surface area (Å²) < 4.78 is 4.92. The van der Waals surface area contributed by atoms with Crippen molar-refractivity contribution in [2.75, 3.05) is 0 Å². The number of epoxide rings is 1. The van der Waals surface area contributed by atoms with Crippen LogP contribution in [0.1, 0.15) is 13.8 Å². The fraction of sp³-hybridized carbons (Fsp3) is 0.800. The second kappa shape index (κ2) is 2.03. The minimum Gasteiger partial charge on any atom is -0.371 e. The number of nitrogens with zero attached hydrogens (tertiary/aromatic N) is 1. The predicted molar refractivity (Wildman–Crippen MR) is 32.6 cm³/mol. The van der Waals surface area contributed by atoms with E-state index < -0.39 is 0 Å². The van der Waals surface area contributed by atoms with Crippen LogP contribution in [0, 0.1) is 0 Å². The Kier molecular flexibility index (Phi) is 1.49. The quantitative estimate of drug-likeness (QED) is 0.354.